The number of esters is 3. The highest BCUT2D eigenvalue weighted by Gasteiger charge is 2.12. The Balaban J connectivity index is 3.55. The number of hydrogen-bond donors (Lipinski definition) is 2. The van der Waals surface area contributed by atoms with Gasteiger partial charge in [-0.25, -0.2) is 4.79 Å². The summed E-state index contributed by atoms with van der Waals surface area (Å²) in [7, 11) is 0. The van der Waals surface area contributed by atoms with E-state index in [1.54, 1.807) is 0 Å². The van der Waals surface area contributed by atoms with Gasteiger partial charge in [-0.3, -0.25) is 19.2 Å². The fourth-order valence-corrected chi connectivity index (χ4v) is 2.82. The van der Waals surface area contributed by atoms with Gasteiger partial charge in [0.05, 0.1) is 19.8 Å². The number of unbranched alkanes of at least 4 members (excludes halogenated alkanes) is 6. The molecule has 0 unspecified atom stereocenters. The molecular formula is C25H42N2O9. The maximum absolute atomic E-state index is 11.8. The first-order valence-corrected chi connectivity index (χ1v) is 12.6. The summed E-state index contributed by atoms with van der Waals surface area (Å²) in [6.07, 6.45) is 7.53. The van der Waals surface area contributed by atoms with Crippen LogP contribution in [0.25, 0.3) is 0 Å². The van der Waals surface area contributed by atoms with E-state index in [1.165, 1.54) is 0 Å². The molecule has 2 N–H and O–H groups in total. The van der Waals surface area contributed by atoms with Crippen molar-refractivity contribution in [2.75, 3.05) is 46.1 Å². The van der Waals surface area contributed by atoms with Gasteiger partial charge in [-0.2, -0.15) is 0 Å². The highest BCUT2D eigenvalue weighted by atomic mass is 16.6. The minimum atomic E-state index is -0.615. The lowest BCUT2D eigenvalue weighted by Gasteiger charge is -2.08. The first kappa shape index (κ1) is 33.0. The van der Waals surface area contributed by atoms with Crippen molar-refractivity contribution in [3.8, 4) is 0 Å². The van der Waals surface area contributed by atoms with Gasteiger partial charge in [0.1, 0.15) is 19.4 Å². The number of amides is 2. The van der Waals surface area contributed by atoms with Gasteiger partial charge in [-0.1, -0.05) is 39.2 Å². The maximum atomic E-state index is 11.8. The van der Waals surface area contributed by atoms with Gasteiger partial charge in [0.25, 0.3) is 0 Å². The summed E-state index contributed by atoms with van der Waals surface area (Å²) in [4.78, 5) is 57.5. The minimum Gasteiger partial charge on any atom is -0.465 e. The number of rotatable bonds is 23. The third-order valence-electron chi connectivity index (χ3n) is 4.72. The maximum Gasteiger partial charge on any atom is 0.330 e. The van der Waals surface area contributed by atoms with Crippen LogP contribution in [0.3, 0.4) is 0 Å². The molecule has 206 valence electrons. The average molecular weight is 515 g/mol. The molecule has 0 aliphatic heterocycles. The number of carbonyl (C=O) groups excluding carboxylic acids is 5. The molecule has 11 heteroatoms. The smallest absolute Gasteiger partial charge is 0.330 e. The zero-order valence-corrected chi connectivity index (χ0v) is 21.5. The molecule has 0 aliphatic carbocycles. The van der Waals surface area contributed by atoms with Crippen molar-refractivity contribution >= 4 is 29.7 Å². The van der Waals surface area contributed by atoms with Gasteiger partial charge in [0, 0.05) is 25.8 Å². The van der Waals surface area contributed by atoms with E-state index < -0.39 is 36.1 Å². The Hall–Kier alpha value is -2.95. The minimum absolute atomic E-state index is 0.128. The van der Waals surface area contributed by atoms with Gasteiger partial charge in [-0.15, -0.1) is 0 Å². The third-order valence-corrected chi connectivity index (χ3v) is 4.72. The molecule has 11 nitrogen and oxygen atoms in total. The van der Waals surface area contributed by atoms with E-state index in [0.717, 1.165) is 51.0 Å². The van der Waals surface area contributed by atoms with E-state index in [-0.39, 0.29) is 32.7 Å². The van der Waals surface area contributed by atoms with E-state index in [1.807, 2.05) is 0 Å². The molecule has 0 saturated carbocycles. The summed E-state index contributed by atoms with van der Waals surface area (Å²) in [5, 5.41) is 5.02. The zero-order valence-electron chi connectivity index (χ0n) is 21.5. The predicted molar refractivity (Wildman–Crippen MR) is 132 cm³/mol. The second-order valence-electron chi connectivity index (χ2n) is 7.95. The molecule has 0 aromatic rings. The molecule has 0 aromatic carbocycles. The highest BCUT2D eigenvalue weighted by molar-refractivity contribution is 5.95. The standard InChI is InChI=1S/C25H42N2O9/c1-3-5-6-10-15-34-24(31)19-21(28)26-12-13-27-22(29)20-25(32)35-16-11-8-7-9-14-33-17-18-36-23(30)4-2/h4H,2-3,5-20H2,1H3,(H,26,28)(H,27,29). The van der Waals surface area contributed by atoms with Gasteiger partial charge >= 0.3 is 17.9 Å². The van der Waals surface area contributed by atoms with Crippen LogP contribution in [0.4, 0.5) is 0 Å². The Morgan fingerprint density at radius 1 is 0.639 bits per heavy atom. The Labute approximate surface area is 213 Å². The first-order valence-electron chi connectivity index (χ1n) is 12.6. The molecule has 0 bridgehead atoms. The van der Waals surface area contributed by atoms with E-state index >= 15 is 0 Å². The first-order chi connectivity index (χ1) is 17.4. The van der Waals surface area contributed by atoms with E-state index in [9.17, 15) is 24.0 Å². The zero-order chi connectivity index (χ0) is 26.9. The normalized spacial score (nSPS) is 10.2. The van der Waals surface area contributed by atoms with Crippen LogP contribution in [0.5, 0.6) is 0 Å². The fraction of sp³-hybridized carbons (Fsp3) is 0.720. The van der Waals surface area contributed by atoms with E-state index in [0.29, 0.717) is 26.2 Å². The number of carbonyl (C=O) groups is 5. The van der Waals surface area contributed by atoms with Crippen molar-refractivity contribution in [2.24, 2.45) is 0 Å². The molecule has 0 saturated heterocycles. The Kier molecular flexibility index (Phi) is 21.8. The van der Waals surface area contributed by atoms with Gasteiger partial charge in [0.15, 0.2) is 0 Å². The Morgan fingerprint density at radius 3 is 1.64 bits per heavy atom. The summed E-state index contributed by atoms with van der Waals surface area (Å²) < 4.78 is 20.1. The summed E-state index contributed by atoms with van der Waals surface area (Å²) in [5.41, 5.74) is 0. The van der Waals surface area contributed by atoms with Gasteiger partial charge in [0.2, 0.25) is 11.8 Å². The molecule has 0 atom stereocenters. The summed E-state index contributed by atoms with van der Waals surface area (Å²) in [6.45, 7) is 7.27. The third kappa shape index (κ3) is 22.8. The Bertz CT molecular complexity index is 668. The molecule has 0 aliphatic rings. The molecule has 0 heterocycles. The molecule has 36 heavy (non-hydrogen) atoms. The number of ether oxygens (including phenoxy) is 4. The van der Waals surface area contributed by atoms with E-state index in [2.05, 4.69) is 24.1 Å². The highest BCUT2D eigenvalue weighted by Crippen LogP contribution is 2.02. The molecule has 0 fully saturated rings. The lowest BCUT2D eigenvalue weighted by atomic mass is 10.2. The summed E-state index contributed by atoms with van der Waals surface area (Å²) in [6, 6.07) is 0. The van der Waals surface area contributed by atoms with Crippen LogP contribution >= 0.6 is 0 Å². The van der Waals surface area contributed by atoms with Gasteiger partial charge < -0.3 is 29.6 Å². The van der Waals surface area contributed by atoms with Crippen LogP contribution in [0.2, 0.25) is 0 Å². The topological polar surface area (TPSA) is 146 Å². The molecule has 0 rings (SSSR count). The molecule has 0 spiro atoms. The molecule has 2 amide bonds. The van der Waals surface area contributed by atoms with Crippen LogP contribution in [-0.4, -0.2) is 75.8 Å². The Morgan fingerprint density at radius 2 is 1.14 bits per heavy atom. The SMILES string of the molecule is C=CC(=O)OCCOCCCCCCOC(=O)CC(=O)NCCNC(=O)CC(=O)OCCCCCC. The van der Waals surface area contributed by atoms with Gasteiger partial charge in [-0.05, 0) is 25.7 Å². The summed E-state index contributed by atoms with van der Waals surface area (Å²) in [5.74, 6) is -2.65. The second kappa shape index (κ2) is 23.8. The van der Waals surface area contributed by atoms with E-state index in [4.69, 9.17) is 18.9 Å². The molecule has 0 radical (unpaired) electrons. The number of hydrogen-bond acceptors (Lipinski definition) is 9. The quantitative estimate of drug-likeness (QED) is 0.0687. The van der Waals surface area contributed by atoms with Crippen LogP contribution in [0, 0.1) is 0 Å². The van der Waals surface area contributed by atoms with Crippen LogP contribution in [-0.2, 0) is 42.9 Å². The second-order valence-corrected chi connectivity index (χ2v) is 7.95. The molecule has 0 aromatic heterocycles. The van der Waals surface area contributed by atoms with Crippen molar-refractivity contribution in [3.05, 3.63) is 12.7 Å². The van der Waals surface area contributed by atoms with Crippen LogP contribution < -0.4 is 10.6 Å². The monoisotopic (exact) mass is 514 g/mol. The largest absolute Gasteiger partial charge is 0.465 e. The van der Waals surface area contributed by atoms with Crippen molar-refractivity contribution in [3.63, 3.8) is 0 Å². The lowest BCUT2D eigenvalue weighted by Crippen LogP contribution is -2.36. The van der Waals surface area contributed by atoms with Crippen LogP contribution in [0.1, 0.15) is 71.1 Å². The number of nitrogens with one attached hydrogen (secondary N) is 2. The van der Waals surface area contributed by atoms with Crippen molar-refractivity contribution in [1.82, 2.24) is 10.6 Å². The summed E-state index contributed by atoms with van der Waals surface area (Å²) >= 11 is 0. The van der Waals surface area contributed by atoms with Crippen molar-refractivity contribution in [2.45, 2.75) is 71.1 Å². The lowest BCUT2D eigenvalue weighted by molar-refractivity contribution is -0.148. The average Bonchev–Trinajstić information content (AvgIpc) is 2.84. The molecular weight excluding hydrogens is 472 g/mol. The van der Waals surface area contributed by atoms with Crippen molar-refractivity contribution < 1.29 is 42.9 Å². The fourth-order valence-electron chi connectivity index (χ4n) is 2.82. The van der Waals surface area contributed by atoms with Crippen molar-refractivity contribution in [1.29, 1.82) is 0 Å². The predicted octanol–water partition coefficient (Wildman–Crippen LogP) is 1.97. The van der Waals surface area contributed by atoms with Crippen LogP contribution in [0.15, 0.2) is 12.7 Å².